The molecule has 1 N–H and O–H groups in total. The summed E-state index contributed by atoms with van der Waals surface area (Å²) in [5, 5.41) is 12.7. The highest BCUT2D eigenvalue weighted by atomic mass is 16.5. The molecule has 0 saturated heterocycles. The Kier molecular flexibility index (Phi) is 5.16. The average Bonchev–Trinajstić information content (AvgIpc) is 3.31. The number of nitrogens with zero attached hydrogens (tertiary/aromatic N) is 4. The molecule has 29 heavy (non-hydrogen) atoms. The number of carbonyl (C=O) groups is 1. The van der Waals surface area contributed by atoms with E-state index in [1.165, 1.54) is 0 Å². The summed E-state index contributed by atoms with van der Waals surface area (Å²) in [5.41, 5.74) is 0.472. The molecule has 4 rings (SSSR count). The van der Waals surface area contributed by atoms with Gasteiger partial charge in [-0.15, -0.1) is 0 Å². The molecule has 2 aromatic carbocycles. The van der Waals surface area contributed by atoms with Gasteiger partial charge in [0.05, 0.1) is 29.1 Å². The molecule has 0 bridgehead atoms. The van der Waals surface area contributed by atoms with E-state index in [9.17, 15) is 10.1 Å². The average molecular weight is 385 g/mol. The molecule has 0 radical (unpaired) electrons. The monoisotopic (exact) mass is 385 g/mol. The van der Waals surface area contributed by atoms with Crippen LogP contribution in [0.2, 0.25) is 0 Å². The Morgan fingerprint density at radius 2 is 1.79 bits per heavy atom. The first-order valence-corrected chi connectivity index (χ1v) is 9.49. The number of esters is 1. The van der Waals surface area contributed by atoms with Crippen molar-refractivity contribution in [1.82, 2.24) is 4.98 Å². The molecule has 0 spiro atoms. The minimum atomic E-state index is -1.06. The van der Waals surface area contributed by atoms with E-state index in [-0.39, 0.29) is 0 Å². The lowest BCUT2D eigenvalue weighted by molar-refractivity contribution is -0.144. The number of aromatic nitrogens is 1. The van der Waals surface area contributed by atoms with Gasteiger partial charge in [-0.05, 0) is 18.6 Å². The molecule has 1 aliphatic rings. The Labute approximate surface area is 167 Å². The molecule has 144 valence electrons. The van der Waals surface area contributed by atoms with Crippen LogP contribution in [0.1, 0.15) is 31.4 Å². The highest BCUT2D eigenvalue weighted by Gasteiger charge is 2.27. The maximum Gasteiger partial charge on any atom is 0.329 e. The van der Waals surface area contributed by atoms with E-state index in [1.54, 1.807) is 0 Å². The summed E-state index contributed by atoms with van der Waals surface area (Å²) >= 11 is 0. The van der Waals surface area contributed by atoms with Crippen LogP contribution in [0.25, 0.3) is 10.8 Å². The van der Waals surface area contributed by atoms with Crippen molar-refractivity contribution in [3.05, 3.63) is 64.9 Å². The molecule has 0 amide bonds. The predicted molar refractivity (Wildman–Crippen MR) is 108 cm³/mol. The third-order valence-electron chi connectivity index (χ3n) is 4.66. The number of H-pyrrole nitrogens is 1. The van der Waals surface area contributed by atoms with Gasteiger partial charge >= 0.3 is 5.97 Å². The summed E-state index contributed by atoms with van der Waals surface area (Å²) in [7, 11) is 0. The number of hydrogen-bond donors (Lipinski definition) is 1. The van der Waals surface area contributed by atoms with Gasteiger partial charge < -0.3 is 9.72 Å². The number of unbranched alkanes of at least 4 members (excludes halogenated alkanes) is 1. The van der Waals surface area contributed by atoms with Gasteiger partial charge in [0, 0.05) is 10.8 Å². The summed E-state index contributed by atoms with van der Waals surface area (Å²) in [6, 6.07) is 17.1. The van der Waals surface area contributed by atoms with Gasteiger partial charge in [-0.3, -0.25) is 4.79 Å². The van der Waals surface area contributed by atoms with Crippen LogP contribution < -0.4 is 10.7 Å². The number of aliphatic imine (C=N–C) groups is 1. The minimum absolute atomic E-state index is 0.303. The summed E-state index contributed by atoms with van der Waals surface area (Å²) in [6.07, 6.45) is 1.67. The highest BCUT2D eigenvalue weighted by Crippen LogP contribution is 2.33. The van der Waals surface area contributed by atoms with E-state index in [2.05, 4.69) is 26.0 Å². The van der Waals surface area contributed by atoms with E-state index in [0.29, 0.717) is 24.1 Å². The van der Waals surface area contributed by atoms with Crippen LogP contribution in [0.15, 0.2) is 63.5 Å². The van der Waals surface area contributed by atoms with Gasteiger partial charge in [-0.2, -0.15) is 10.3 Å². The van der Waals surface area contributed by atoms with Crippen molar-refractivity contribution in [3.8, 4) is 6.07 Å². The van der Waals surface area contributed by atoms with Crippen LogP contribution >= 0.6 is 0 Å². The number of hydrogen-bond acceptors (Lipinski definition) is 4. The van der Waals surface area contributed by atoms with Crippen molar-refractivity contribution < 1.29 is 9.53 Å². The number of guanidine groups is 1. The summed E-state index contributed by atoms with van der Waals surface area (Å²) in [6.45, 7) is 2.31. The quantitative estimate of drug-likeness (QED) is 0.521. The Bertz CT molecular complexity index is 1230. The lowest BCUT2D eigenvalue weighted by atomic mass is 10.0. The fourth-order valence-electron chi connectivity index (χ4n) is 3.18. The third kappa shape index (κ3) is 3.65. The summed E-state index contributed by atoms with van der Waals surface area (Å²) in [4.78, 5) is 29.0. The number of rotatable bonds is 6. The van der Waals surface area contributed by atoms with Gasteiger partial charge in [0.2, 0.25) is 0 Å². The van der Waals surface area contributed by atoms with Gasteiger partial charge in [0.1, 0.15) is 5.82 Å². The Morgan fingerprint density at radius 1 is 1.14 bits per heavy atom. The number of nitrogens with one attached hydrogen (secondary N) is 1. The van der Waals surface area contributed by atoms with Gasteiger partial charge in [-0.1, -0.05) is 49.7 Å². The second kappa shape index (κ2) is 8.07. The van der Waals surface area contributed by atoms with E-state index in [1.807, 2.05) is 55.5 Å². The van der Waals surface area contributed by atoms with E-state index in [0.717, 1.165) is 34.3 Å². The largest absolute Gasteiger partial charge is 0.464 e. The number of carbonyl (C=O) groups excluding carboxylic acids is 1. The van der Waals surface area contributed by atoms with Crippen molar-refractivity contribution in [2.75, 3.05) is 6.61 Å². The zero-order valence-electron chi connectivity index (χ0n) is 15.9. The maximum absolute atomic E-state index is 12.5. The van der Waals surface area contributed by atoms with Crippen LogP contribution in [0.4, 0.5) is 5.82 Å². The van der Waals surface area contributed by atoms with E-state index < -0.39 is 11.9 Å². The molecular formula is C22H19N5O2. The van der Waals surface area contributed by atoms with Crippen molar-refractivity contribution in [2.45, 2.75) is 25.7 Å². The Morgan fingerprint density at radius 3 is 2.45 bits per heavy atom. The van der Waals surface area contributed by atoms with E-state index >= 15 is 0 Å². The fraction of sp³-hybridized carbons (Fsp3) is 0.227. The molecule has 1 unspecified atom stereocenters. The summed E-state index contributed by atoms with van der Waals surface area (Å²) in [5.74, 6) is -0.786. The van der Waals surface area contributed by atoms with Crippen LogP contribution in [0.3, 0.4) is 0 Å². The highest BCUT2D eigenvalue weighted by molar-refractivity contribution is 6.00. The van der Waals surface area contributed by atoms with Crippen LogP contribution in [0, 0.1) is 11.3 Å². The molecule has 3 aromatic rings. The molecule has 2 heterocycles. The van der Waals surface area contributed by atoms with Crippen LogP contribution in [-0.2, 0) is 9.53 Å². The number of ether oxygens (including phenoxy) is 1. The summed E-state index contributed by atoms with van der Waals surface area (Å²) < 4.78 is 5.27. The molecule has 1 aromatic heterocycles. The topological polar surface area (TPSA) is 103 Å². The Hall–Kier alpha value is -3.79. The minimum Gasteiger partial charge on any atom is -0.464 e. The van der Waals surface area contributed by atoms with Gasteiger partial charge in [0.25, 0.3) is 5.96 Å². The van der Waals surface area contributed by atoms with Gasteiger partial charge in [0.15, 0.2) is 5.92 Å². The first-order valence-electron chi connectivity index (χ1n) is 9.49. The third-order valence-corrected chi connectivity index (χ3v) is 4.66. The number of para-hydroxylation sites is 2. The SMILES string of the molecule is CCCCOC(=O)C(C#N)c1[nH]c(N=C2N=c3ccccc3=N2)c2ccccc12. The first-order chi connectivity index (χ1) is 14.2. The zero-order valence-corrected chi connectivity index (χ0v) is 15.9. The predicted octanol–water partition coefficient (Wildman–Crippen LogP) is 3.06. The number of nitriles is 1. The molecule has 7 heteroatoms. The molecule has 7 nitrogen and oxygen atoms in total. The molecule has 0 aliphatic carbocycles. The smallest absolute Gasteiger partial charge is 0.329 e. The maximum atomic E-state index is 12.5. The molecular weight excluding hydrogens is 366 g/mol. The number of benzene rings is 2. The second-order valence-corrected chi connectivity index (χ2v) is 6.64. The van der Waals surface area contributed by atoms with Crippen molar-refractivity contribution in [1.29, 1.82) is 5.26 Å². The number of aromatic amines is 1. The standard InChI is InChI=1S/C22H19N5O2/c1-2-3-12-29-21(28)16(13-23)19-14-8-4-5-9-15(14)20(26-19)27-22-24-17-10-6-7-11-18(17)25-22/h4-11,16,26H,2-3,12H2,1H3. The number of fused-ring (bicyclic) bond motifs is 2. The normalized spacial score (nSPS) is 13.2. The van der Waals surface area contributed by atoms with Gasteiger partial charge in [-0.25, -0.2) is 9.98 Å². The first kappa shape index (κ1) is 18.6. The van der Waals surface area contributed by atoms with E-state index in [4.69, 9.17) is 4.74 Å². The van der Waals surface area contributed by atoms with Crippen molar-refractivity contribution in [3.63, 3.8) is 0 Å². The fourth-order valence-corrected chi connectivity index (χ4v) is 3.18. The lowest BCUT2D eigenvalue weighted by Crippen LogP contribution is -2.19. The molecule has 1 aliphatic heterocycles. The second-order valence-electron chi connectivity index (χ2n) is 6.64. The van der Waals surface area contributed by atoms with Crippen molar-refractivity contribution >= 4 is 28.5 Å². The zero-order chi connectivity index (χ0) is 20.2. The van der Waals surface area contributed by atoms with Crippen LogP contribution in [-0.4, -0.2) is 23.5 Å². The lowest BCUT2D eigenvalue weighted by Gasteiger charge is -2.08. The molecule has 0 fully saturated rings. The molecule has 1 atom stereocenters. The van der Waals surface area contributed by atoms with Crippen molar-refractivity contribution in [2.24, 2.45) is 15.0 Å². The van der Waals surface area contributed by atoms with Crippen LogP contribution in [0.5, 0.6) is 0 Å². The molecule has 0 saturated carbocycles. The Balaban J connectivity index is 1.74.